The van der Waals surface area contributed by atoms with Crippen molar-refractivity contribution in [3.63, 3.8) is 0 Å². The van der Waals surface area contributed by atoms with Crippen LogP contribution in [0.2, 0.25) is 0 Å². The van der Waals surface area contributed by atoms with Crippen LogP contribution in [0, 0.1) is 6.92 Å². The number of rotatable bonds is 3. The number of amides is 1. The van der Waals surface area contributed by atoms with Crippen molar-refractivity contribution in [2.75, 3.05) is 32.0 Å². The molecule has 0 radical (unpaired) electrons. The molecule has 1 saturated heterocycles. The lowest BCUT2D eigenvalue weighted by Crippen LogP contribution is -2.57. The van der Waals surface area contributed by atoms with Gasteiger partial charge >= 0.3 is 0 Å². The Morgan fingerprint density at radius 3 is 2.58 bits per heavy atom. The molecular formula is C23H29N3O4S. The summed E-state index contributed by atoms with van der Waals surface area (Å²) in [7, 11) is -1.62. The van der Waals surface area contributed by atoms with Crippen LogP contribution < -0.4 is 10.1 Å². The van der Waals surface area contributed by atoms with E-state index in [9.17, 15) is 13.2 Å². The minimum atomic E-state index is -3.67. The van der Waals surface area contributed by atoms with E-state index in [1.165, 1.54) is 16.8 Å². The molecule has 1 amide bonds. The normalized spacial score (nSPS) is 22.4. The average molecular weight is 444 g/mol. The summed E-state index contributed by atoms with van der Waals surface area (Å²) in [5.41, 5.74) is 2.30. The second-order valence-corrected chi connectivity index (χ2v) is 10.7. The summed E-state index contributed by atoms with van der Waals surface area (Å²) in [6.07, 6.45) is 1.54. The molecule has 2 aromatic rings. The van der Waals surface area contributed by atoms with Crippen molar-refractivity contribution in [3.8, 4) is 5.75 Å². The molecule has 0 bridgehead atoms. The summed E-state index contributed by atoms with van der Waals surface area (Å²) >= 11 is 0. The topological polar surface area (TPSA) is 79.0 Å². The molecule has 0 unspecified atom stereocenters. The van der Waals surface area contributed by atoms with E-state index in [1.54, 1.807) is 24.3 Å². The van der Waals surface area contributed by atoms with Gasteiger partial charge in [-0.15, -0.1) is 0 Å². The van der Waals surface area contributed by atoms with Crippen molar-refractivity contribution in [1.29, 1.82) is 0 Å². The molecule has 2 heterocycles. The number of hydrogen-bond donors (Lipinski definition) is 1. The van der Waals surface area contributed by atoms with Crippen LogP contribution in [0.5, 0.6) is 5.75 Å². The third-order valence-electron chi connectivity index (χ3n) is 5.86. The molecule has 1 fully saturated rings. The molecule has 1 atom stereocenters. The van der Waals surface area contributed by atoms with Crippen LogP contribution in [-0.4, -0.2) is 55.8 Å². The van der Waals surface area contributed by atoms with Crippen LogP contribution in [0.4, 0.5) is 5.69 Å². The van der Waals surface area contributed by atoms with Gasteiger partial charge in [0.2, 0.25) is 15.9 Å². The number of fused-ring (bicyclic) bond motifs is 1. The van der Waals surface area contributed by atoms with Gasteiger partial charge in [-0.25, -0.2) is 8.42 Å². The zero-order valence-electron chi connectivity index (χ0n) is 18.2. The largest absolute Gasteiger partial charge is 0.484 e. The van der Waals surface area contributed by atoms with E-state index in [2.05, 4.69) is 30.3 Å². The summed E-state index contributed by atoms with van der Waals surface area (Å²) in [6.45, 7) is 5.68. The summed E-state index contributed by atoms with van der Waals surface area (Å²) in [5, 5.41) is 2.66. The van der Waals surface area contributed by atoms with Gasteiger partial charge in [0.05, 0.1) is 11.4 Å². The van der Waals surface area contributed by atoms with Crippen LogP contribution in [-0.2, 0) is 21.4 Å². The Kier molecular flexibility index (Phi) is 5.81. The molecule has 1 spiro atoms. The zero-order valence-corrected chi connectivity index (χ0v) is 19.0. The summed E-state index contributed by atoms with van der Waals surface area (Å²) in [4.78, 5) is 13.7. The maximum Gasteiger partial charge on any atom is 0.243 e. The number of aryl methyl sites for hydroxylation is 1. The van der Waals surface area contributed by atoms with Crippen molar-refractivity contribution in [3.05, 3.63) is 53.6 Å². The fourth-order valence-corrected chi connectivity index (χ4v) is 6.13. The number of ether oxygens (including phenoxy) is 1. The predicted molar refractivity (Wildman–Crippen MR) is 120 cm³/mol. The summed E-state index contributed by atoms with van der Waals surface area (Å²) in [5.74, 6) is 0.646. The van der Waals surface area contributed by atoms with Gasteiger partial charge in [0.15, 0.2) is 0 Å². The highest BCUT2D eigenvalue weighted by Crippen LogP contribution is 2.36. The first-order valence-corrected chi connectivity index (χ1v) is 12.0. The number of piperidine rings is 1. The number of nitrogens with one attached hydrogen (secondary N) is 1. The highest BCUT2D eigenvalue weighted by atomic mass is 32.2. The molecule has 0 aliphatic carbocycles. The van der Waals surface area contributed by atoms with Gasteiger partial charge in [-0.05, 0) is 57.1 Å². The molecule has 4 rings (SSSR count). The van der Waals surface area contributed by atoms with Crippen LogP contribution in [0.3, 0.4) is 0 Å². The lowest BCUT2D eigenvalue weighted by Gasteiger charge is -2.42. The molecule has 166 valence electrons. The SMILES string of the molecule is CC(=O)Nc1ccc(S(=O)(=O)N2CCC[C@@]3(CN(C)Cc4cc(C)ccc4O3)C2)cc1. The fourth-order valence-electron chi connectivity index (χ4n) is 4.57. The van der Waals surface area contributed by atoms with Crippen molar-refractivity contribution in [1.82, 2.24) is 9.21 Å². The first-order chi connectivity index (χ1) is 14.7. The molecule has 7 nitrogen and oxygen atoms in total. The first kappa shape index (κ1) is 21.8. The first-order valence-electron chi connectivity index (χ1n) is 10.5. The van der Waals surface area contributed by atoms with Gasteiger partial charge in [0.1, 0.15) is 11.4 Å². The van der Waals surface area contributed by atoms with E-state index in [0.717, 1.165) is 30.7 Å². The summed E-state index contributed by atoms with van der Waals surface area (Å²) < 4.78 is 34.8. The van der Waals surface area contributed by atoms with Gasteiger partial charge in [-0.1, -0.05) is 17.7 Å². The molecule has 1 N–H and O–H groups in total. The third-order valence-corrected chi connectivity index (χ3v) is 7.72. The molecule has 31 heavy (non-hydrogen) atoms. The number of carbonyl (C=O) groups is 1. The standard InChI is InChI=1S/C23H29N3O4S/c1-17-5-10-22-19(13-17)14-25(3)15-23(30-22)11-4-12-26(16-23)31(28,29)21-8-6-20(7-9-21)24-18(2)27/h5-10,13H,4,11-12,14-16H2,1-3H3,(H,24,27)/t23-/m1/s1. The predicted octanol–water partition coefficient (Wildman–Crippen LogP) is 3.00. The highest BCUT2D eigenvalue weighted by Gasteiger charge is 2.44. The van der Waals surface area contributed by atoms with Gasteiger partial charge in [-0.2, -0.15) is 4.31 Å². The Balaban J connectivity index is 1.60. The molecule has 0 aromatic heterocycles. The minimum Gasteiger partial charge on any atom is -0.484 e. The Morgan fingerprint density at radius 2 is 1.87 bits per heavy atom. The van der Waals surface area contributed by atoms with Gasteiger partial charge in [-0.3, -0.25) is 9.69 Å². The van der Waals surface area contributed by atoms with E-state index < -0.39 is 15.6 Å². The lowest BCUT2D eigenvalue weighted by atomic mass is 9.93. The molecular weight excluding hydrogens is 414 g/mol. The maximum absolute atomic E-state index is 13.4. The van der Waals surface area contributed by atoms with E-state index >= 15 is 0 Å². The smallest absolute Gasteiger partial charge is 0.243 e. The second-order valence-electron chi connectivity index (χ2n) is 8.72. The highest BCUT2D eigenvalue weighted by molar-refractivity contribution is 7.89. The number of sulfonamides is 1. The van der Waals surface area contributed by atoms with Gasteiger partial charge < -0.3 is 10.1 Å². The number of benzene rings is 2. The van der Waals surface area contributed by atoms with Crippen molar-refractivity contribution in [2.24, 2.45) is 0 Å². The minimum absolute atomic E-state index is 0.196. The average Bonchev–Trinajstić information content (AvgIpc) is 2.82. The van der Waals surface area contributed by atoms with Crippen molar-refractivity contribution >= 4 is 21.6 Å². The Hall–Kier alpha value is -2.42. The number of anilines is 1. The molecule has 0 saturated carbocycles. The number of likely N-dealkylation sites (N-methyl/N-ethyl adjacent to an activating group) is 1. The van der Waals surface area contributed by atoms with Crippen LogP contribution >= 0.6 is 0 Å². The third kappa shape index (κ3) is 4.61. The van der Waals surface area contributed by atoms with Crippen LogP contribution in [0.25, 0.3) is 0 Å². The van der Waals surface area contributed by atoms with E-state index in [4.69, 9.17) is 4.74 Å². The molecule has 2 aliphatic heterocycles. The van der Waals surface area contributed by atoms with Crippen molar-refractivity contribution in [2.45, 2.75) is 43.7 Å². The number of nitrogens with zero attached hydrogens (tertiary/aromatic N) is 2. The van der Waals surface area contributed by atoms with E-state index in [0.29, 0.717) is 25.3 Å². The zero-order chi connectivity index (χ0) is 22.2. The molecule has 2 aromatic carbocycles. The van der Waals surface area contributed by atoms with Crippen molar-refractivity contribution < 1.29 is 17.9 Å². The fraction of sp³-hybridized carbons (Fsp3) is 0.435. The van der Waals surface area contributed by atoms with Crippen LogP contribution in [0.15, 0.2) is 47.4 Å². The Morgan fingerprint density at radius 1 is 1.13 bits per heavy atom. The Bertz CT molecular complexity index is 1080. The quantitative estimate of drug-likeness (QED) is 0.789. The number of carbonyl (C=O) groups excluding carboxylic acids is 1. The maximum atomic E-state index is 13.4. The van der Waals surface area contributed by atoms with Crippen LogP contribution in [0.1, 0.15) is 30.9 Å². The van der Waals surface area contributed by atoms with E-state index in [1.807, 2.05) is 12.1 Å². The molecule has 8 heteroatoms. The monoisotopic (exact) mass is 443 g/mol. The van der Waals surface area contributed by atoms with Gasteiger partial charge in [0, 0.05) is 37.8 Å². The second kappa shape index (κ2) is 8.26. The lowest BCUT2D eigenvalue weighted by molar-refractivity contribution is -0.114. The molecule has 2 aliphatic rings. The van der Waals surface area contributed by atoms with E-state index in [-0.39, 0.29) is 10.8 Å². The van der Waals surface area contributed by atoms with Gasteiger partial charge in [0.25, 0.3) is 0 Å². The summed E-state index contributed by atoms with van der Waals surface area (Å²) in [6, 6.07) is 12.5. The number of hydrogen-bond acceptors (Lipinski definition) is 5. The Labute approximate surface area is 184 Å².